The van der Waals surface area contributed by atoms with Crippen LogP contribution in [0.3, 0.4) is 0 Å². The summed E-state index contributed by atoms with van der Waals surface area (Å²) in [5, 5.41) is 21.0. The number of benzene rings is 1. The number of hydrogen-bond acceptors (Lipinski definition) is 6. The summed E-state index contributed by atoms with van der Waals surface area (Å²) in [6.07, 6.45) is 0. The highest BCUT2D eigenvalue weighted by Gasteiger charge is 2.10. The van der Waals surface area contributed by atoms with Gasteiger partial charge in [0.1, 0.15) is 0 Å². The minimum atomic E-state index is -1.05. The number of nitrogens with zero attached hydrogens (tertiary/aromatic N) is 3. The van der Waals surface area contributed by atoms with Crippen LogP contribution in [0.15, 0.2) is 18.2 Å². The molecule has 0 unspecified atom stereocenters. The van der Waals surface area contributed by atoms with Gasteiger partial charge in [-0.3, -0.25) is 5.32 Å². The summed E-state index contributed by atoms with van der Waals surface area (Å²) < 4.78 is 3.49. The third kappa shape index (κ3) is 3.22. The maximum Gasteiger partial charge on any atom is 0.336 e. The number of aryl methyl sites for hydroxylation is 1. The number of anilines is 2. The lowest BCUT2D eigenvalue weighted by Gasteiger charge is -2.07. The average molecular weight is 279 g/mol. The highest BCUT2D eigenvalue weighted by Crippen LogP contribution is 2.16. The first-order valence-corrected chi connectivity index (χ1v) is 5.90. The number of rotatable bonds is 3. The summed E-state index contributed by atoms with van der Waals surface area (Å²) in [5.41, 5.74) is 1.13. The van der Waals surface area contributed by atoms with Crippen molar-refractivity contribution in [1.29, 1.82) is 0 Å². The molecule has 0 aliphatic rings. The van der Waals surface area contributed by atoms with Crippen LogP contribution in [-0.2, 0) is 0 Å². The standard InChI is InChI=1S/C10H9N5O3S/c1-5-2-3-6(4-7(5)8(16)17)11-9(18)12-10-13-14-15-19-10/h2-4H,1H3,(H,16,17)(H2,11,12,13,15,18). The van der Waals surface area contributed by atoms with Crippen LogP contribution < -0.4 is 10.6 Å². The maximum atomic E-state index is 11.6. The molecule has 0 fully saturated rings. The van der Waals surface area contributed by atoms with Crippen molar-refractivity contribution in [3.63, 3.8) is 0 Å². The fourth-order valence-corrected chi connectivity index (χ4v) is 1.73. The summed E-state index contributed by atoms with van der Waals surface area (Å²) in [6.45, 7) is 1.68. The van der Waals surface area contributed by atoms with E-state index in [2.05, 4.69) is 25.4 Å². The molecule has 2 amide bonds. The topological polar surface area (TPSA) is 117 Å². The number of urea groups is 1. The number of aromatic nitrogens is 3. The predicted octanol–water partition coefficient (Wildman–Crippen LogP) is 1.58. The molecule has 3 N–H and O–H groups in total. The minimum Gasteiger partial charge on any atom is -0.478 e. The SMILES string of the molecule is Cc1ccc(NC(=O)Nc2nnns2)cc1C(=O)O. The quantitative estimate of drug-likeness (QED) is 0.785. The zero-order valence-corrected chi connectivity index (χ0v) is 10.6. The van der Waals surface area contributed by atoms with Gasteiger partial charge in [0.2, 0.25) is 5.13 Å². The van der Waals surface area contributed by atoms with E-state index in [0.717, 1.165) is 11.5 Å². The van der Waals surface area contributed by atoms with Gasteiger partial charge >= 0.3 is 12.0 Å². The Morgan fingerprint density at radius 1 is 1.32 bits per heavy atom. The molecule has 0 saturated carbocycles. The Bertz CT molecular complexity index is 614. The van der Waals surface area contributed by atoms with E-state index in [4.69, 9.17) is 5.11 Å². The van der Waals surface area contributed by atoms with E-state index in [1.165, 1.54) is 6.07 Å². The first-order chi connectivity index (χ1) is 9.06. The lowest BCUT2D eigenvalue weighted by atomic mass is 10.1. The van der Waals surface area contributed by atoms with Crippen molar-refractivity contribution in [3.05, 3.63) is 29.3 Å². The van der Waals surface area contributed by atoms with Gasteiger partial charge in [0.25, 0.3) is 0 Å². The Kier molecular flexibility index (Phi) is 3.66. The van der Waals surface area contributed by atoms with Gasteiger partial charge < -0.3 is 10.4 Å². The second kappa shape index (κ2) is 5.40. The molecule has 0 aliphatic carbocycles. The van der Waals surface area contributed by atoms with E-state index in [0.29, 0.717) is 11.3 Å². The Labute approximate surface area is 111 Å². The molecule has 2 rings (SSSR count). The van der Waals surface area contributed by atoms with E-state index in [1.807, 2.05) is 0 Å². The third-order valence-electron chi connectivity index (χ3n) is 2.25. The van der Waals surface area contributed by atoms with Crippen LogP contribution in [0.25, 0.3) is 0 Å². The molecule has 19 heavy (non-hydrogen) atoms. The number of aromatic carboxylic acids is 1. The Morgan fingerprint density at radius 3 is 2.74 bits per heavy atom. The van der Waals surface area contributed by atoms with Crippen LogP contribution in [0.2, 0.25) is 0 Å². The monoisotopic (exact) mass is 279 g/mol. The molecule has 1 aromatic heterocycles. The van der Waals surface area contributed by atoms with Crippen molar-refractivity contribution in [2.24, 2.45) is 0 Å². The fourth-order valence-electron chi connectivity index (χ4n) is 1.37. The lowest BCUT2D eigenvalue weighted by molar-refractivity contribution is 0.0696. The van der Waals surface area contributed by atoms with E-state index in [9.17, 15) is 9.59 Å². The molecule has 1 aromatic carbocycles. The zero-order valence-electron chi connectivity index (χ0n) is 9.75. The van der Waals surface area contributed by atoms with Crippen molar-refractivity contribution >= 4 is 34.4 Å². The smallest absolute Gasteiger partial charge is 0.336 e. The van der Waals surface area contributed by atoms with Gasteiger partial charge in [-0.05, 0) is 29.8 Å². The Balaban J connectivity index is 2.09. The van der Waals surface area contributed by atoms with Gasteiger partial charge in [-0.2, -0.15) is 0 Å². The molecule has 9 heteroatoms. The van der Waals surface area contributed by atoms with E-state index >= 15 is 0 Å². The van der Waals surface area contributed by atoms with Gasteiger partial charge in [-0.1, -0.05) is 15.7 Å². The average Bonchev–Trinajstić information content (AvgIpc) is 2.84. The number of carboxylic acid groups (broad SMARTS) is 1. The Morgan fingerprint density at radius 2 is 2.11 bits per heavy atom. The van der Waals surface area contributed by atoms with Crippen LogP contribution >= 0.6 is 11.5 Å². The predicted molar refractivity (Wildman–Crippen MR) is 68.5 cm³/mol. The highest BCUT2D eigenvalue weighted by atomic mass is 32.1. The van der Waals surface area contributed by atoms with Crippen molar-refractivity contribution in [2.75, 3.05) is 10.6 Å². The second-order valence-corrected chi connectivity index (χ2v) is 4.31. The molecular weight excluding hydrogens is 270 g/mol. The summed E-state index contributed by atoms with van der Waals surface area (Å²) in [4.78, 5) is 22.6. The van der Waals surface area contributed by atoms with E-state index in [-0.39, 0.29) is 10.7 Å². The van der Waals surface area contributed by atoms with Crippen LogP contribution in [0, 0.1) is 6.92 Å². The van der Waals surface area contributed by atoms with Crippen LogP contribution in [0.4, 0.5) is 15.6 Å². The largest absolute Gasteiger partial charge is 0.478 e. The molecule has 0 bridgehead atoms. The van der Waals surface area contributed by atoms with Gasteiger partial charge in [0.05, 0.1) is 5.56 Å². The fraction of sp³-hybridized carbons (Fsp3) is 0.100. The summed E-state index contributed by atoms with van der Waals surface area (Å²) >= 11 is 0.934. The number of hydrogen-bond donors (Lipinski definition) is 3. The summed E-state index contributed by atoms with van der Waals surface area (Å²) in [6, 6.07) is 4.07. The molecule has 0 atom stereocenters. The number of carbonyl (C=O) groups excluding carboxylic acids is 1. The molecule has 0 radical (unpaired) electrons. The second-order valence-electron chi connectivity index (χ2n) is 3.58. The van der Waals surface area contributed by atoms with Gasteiger partial charge in [-0.15, -0.1) is 0 Å². The van der Waals surface area contributed by atoms with Crippen molar-refractivity contribution in [3.8, 4) is 0 Å². The molecule has 0 spiro atoms. The van der Waals surface area contributed by atoms with Crippen molar-refractivity contribution in [1.82, 2.24) is 14.8 Å². The normalized spacial score (nSPS) is 9.95. The minimum absolute atomic E-state index is 0.135. The zero-order chi connectivity index (χ0) is 13.8. The number of nitrogens with one attached hydrogen (secondary N) is 2. The highest BCUT2D eigenvalue weighted by molar-refractivity contribution is 7.09. The van der Waals surface area contributed by atoms with Crippen LogP contribution in [0.1, 0.15) is 15.9 Å². The molecule has 2 aromatic rings. The Hall–Kier alpha value is -2.55. The third-order valence-corrected chi connectivity index (χ3v) is 2.76. The molecule has 1 heterocycles. The van der Waals surface area contributed by atoms with Gasteiger partial charge in [0, 0.05) is 17.2 Å². The number of carboxylic acids is 1. The van der Waals surface area contributed by atoms with E-state index < -0.39 is 12.0 Å². The summed E-state index contributed by atoms with van der Waals surface area (Å²) in [7, 11) is 0. The van der Waals surface area contributed by atoms with Gasteiger partial charge in [0.15, 0.2) is 0 Å². The molecule has 98 valence electrons. The van der Waals surface area contributed by atoms with Crippen molar-refractivity contribution < 1.29 is 14.7 Å². The molecule has 0 aliphatic heterocycles. The van der Waals surface area contributed by atoms with E-state index in [1.54, 1.807) is 19.1 Å². The van der Waals surface area contributed by atoms with Gasteiger partial charge in [-0.25, -0.2) is 9.59 Å². The summed E-state index contributed by atoms with van der Waals surface area (Å²) in [5.74, 6) is -1.05. The van der Waals surface area contributed by atoms with Crippen molar-refractivity contribution in [2.45, 2.75) is 6.92 Å². The lowest BCUT2D eigenvalue weighted by Crippen LogP contribution is -2.19. The number of carbonyl (C=O) groups is 2. The van der Waals surface area contributed by atoms with Crippen LogP contribution in [0.5, 0.6) is 0 Å². The maximum absolute atomic E-state index is 11.6. The van der Waals surface area contributed by atoms with Crippen LogP contribution in [-0.4, -0.2) is 31.9 Å². The first-order valence-electron chi connectivity index (χ1n) is 5.13. The molecular formula is C10H9N5O3S. The first kappa shape index (κ1) is 12.9. The molecule has 8 nitrogen and oxygen atoms in total. The molecule has 0 saturated heterocycles. The number of amides is 2.